The molecule has 1 aromatic heterocycles. The summed E-state index contributed by atoms with van der Waals surface area (Å²) in [6, 6.07) is 1.96. The van der Waals surface area contributed by atoms with E-state index in [0.717, 1.165) is 17.1 Å². The van der Waals surface area contributed by atoms with Crippen molar-refractivity contribution >= 4 is 68.1 Å². The van der Waals surface area contributed by atoms with Gasteiger partial charge in [0.1, 0.15) is 5.82 Å². The fraction of sp³-hybridized carbons (Fsp3) is 0.300. The lowest BCUT2D eigenvalue weighted by Gasteiger charge is -2.11. The van der Waals surface area contributed by atoms with Crippen molar-refractivity contribution in [1.82, 2.24) is 4.98 Å². The first-order valence-corrected chi connectivity index (χ1v) is 6.02. The zero-order valence-corrected chi connectivity index (χ0v) is 12.7. The highest BCUT2D eigenvalue weighted by Gasteiger charge is 2.00. The average Bonchev–Trinajstić information content (AvgIpc) is 2.20. The van der Waals surface area contributed by atoms with Crippen molar-refractivity contribution in [1.29, 1.82) is 0 Å². The molecule has 0 spiro atoms. The highest BCUT2D eigenvalue weighted by atomic mass is 35.5. The van der Waals surface area contributed by atoms with Crippen LogP contribution >= 0.6 is 47.6 Å². The maximum atomic E-state index is 4.77. The van der Waals surface area contributed by atoms with Gasteiger partial charge < -0.3 is 4.90 Å². The Hall–Kier alpha value is -0.580. The minimum Gasteiger partial charge on any atom is -0.363 e. The van der Waals surface area contributed by atoms with E-state index in [4.69, 9.17) is 23.2 Å². The summed E-state index contributed by atoms with van der Waals surface area (Å²) in [7, 11) is 3.90. The van der Waals surface area contributed by atoms with Crippen molar-refractivity contribution in [2.75, 3.05) is 19.0 Å². The lowest BCUT2D eigenvalue weighted by molar-refractivity contribution is 1.06. The predicted octanol–water partition coefficient (Wildman–Crippen LogP) is 3.94. The molecule has 0 fully saturated rings. The normalized spacial score (nSPS) is 8.53. The van der Waals surface area contributed by atoms with Crippen LogP contribution in [0.2, 0.25) is 0 Å². The van der Waals surface area contributed by atoms with E-state index in [-0.39, 0.29) is 3.78 Å². The third kappa shape index (κ3) is 7.36. The van der Waals surface area contributed by atoms with Crippen molar-refractivity contribution in [2.24, 2.45) is 4.99 Å². The molecule has 1 heterocycles. The Morgan fingerprint density at radius 2 is 2.00 bits per heavy atom. The summed E-state index contributed by atoms with van der Waals surface area (Å²) in [5.74, 6) is 0.917. The van der Waals surface area contributed by atoms with Crippen LogP contribution in [0.15, 0.2) is 17.3 Å². The minimum atomic E-state index is -0.0556. The summed E-state index contributed by atoms with van der Waals surface area (Å²) < 4.78 is -0.0556. The third-order valence-electron chi connectivity index (χ3n) is 1.69. The number of thiocarbonyl (C=S) groups is 2. The Kier molecular flexibility index (Phi) is 8.21. The van der Waals surface area contributed by atoms with Gasteiger partial charge in [-0.25, -0.2) is 4.98 Å². The molecule has 1 rings (SSSR count). The first-order chi connectivity index (χ1) is 7.88. The summed E-state index contributed by atoms with van der Waals surface area (Å²) in [4.78, 5) is 10.0. The van der Waals surface area contributed by atoms with Gasteiger partial charge in [0.15, 0.2) is 3.78 Å². The van der Waals surface area contributed by atoms with E-state index in [1.54, 1.807) is 6.20 Å². The molecule has 1 aromatic rings. The number of halogens is 2. The van der Waals surface area contributed by atoms with Crippen LogP contribution in [0.4, 0.5) is 11.5 Å². The van der Waals surface area contributed by atoms with Gasteiger partial charge in [0.25, 0.3) is 0 Å². The minimum absolute atomic E-state index is 0.0556. The number of hydrogen-bond donors (Lipinski definition) is 0. The van der Waals surface area contributed by atoms with Gasteiger partial charge in [-0.3, -0.25) is 0 Å². The third-order valence-corrected chi connectivity index (χ3v) is 1.78. The Bertz CT molecular complexity index is 439. The SMILES string of the molecule is Cc1cc(N(C)C)ncc1N=C=S.S=C(Cl)Cl. The molecule has 0 N–H and O–H groups in total. The fourth-order valence-corrected chi connectivity index (χ4v) is 1.04. The average molecular weight is 308 g/mol. The quantitative estimate of drug-likeness (QED) is 0.470. The van der Waals surface area contributed by atoms with Gasteiger partial charge in [-0.05, 0) is 30.8 Å². The maximum Gasteiger partial charge on any atom is 0.169 e. The van der Waals surface area contributed by atoms with E-state index in [1.165, 1.54) is 0 Å². The van der Waals surface area contributed by atoms with Gasteiger partial charge in [-0.2, -0.15) is 4.99 Å². The monoisotopic (exact) mass is 307 g/mol. The highest BCUT2D eigenvalue weighted by Crippen LogP contribution is 2.20. The Balaban J connectivity index is 0.000000557. The summed E-state index contributed by atoms with van der Waals surface area (Å²) in [6.45, 7) is 1.97. The summed E-state index contributed by atoms with van der Waals surface area (Å²) >= 11 is 18.1. The second-order valence-electron chi connectivity index (χ2n) is 3.15. The molecular weight excluding hydrogens is 297 g/mol. The molecule has 0 saturated carbocycles. The van der Waals surface area contributed by atoms with Gasteiger partial charge in [0, 0.05) is 14.1 Å². The Morgan fingerprint density at radius 3 is 2.35 bits per heavy atom. The number of aryl methyl sites for hydroxylation is 1. The molecule has 0 unspecified atom stereocenters. The standard InChI is InChI=1S/C9H11N3S.CCl2S/c1-7-4-9(12(2)3)10-5-8(7)11-6-13;2-1(3)4/h4-5H,1-3H3;. The molecule has 0 saturated heterocycles. The van der Waals surface area contributed by atoms with Crippen LogP contribution in [-0.2, 0) is 0 Å². The van der Waals surface area contributed by atoms with Crippen LogP contribution in [-0.4, -0.2) is 28.0 Å². The van der Waals surface area contributed by atoms with Crippen molar-refractivity contribution in [3.63, 3.8) is 0 Å². The first kappa shape index (κ1) is 16.4. The molecule has 7 heteroatoms. The lowest BCUT2D eigenvalue weighted by atomic mass is 10.2. The van der Waals surface area contributed by atoms with Crippen LogP contribution in [0.3, 0.4) is 0 Å². The van der Waals surface area contributed by atoms with Crippen molar-refractivity contribution in [3.8, 4) is 0 Å². The van der Waals surface area contributed by atoms with Gasteiger partial charge >= 0.3 is 0 Å². The number of rotatable bonds is 2. The number of isothiocyanates is 1. The van der Waals surface area contributed by atoms with Crippen LogP contribution in [0.25, 0.3) is 0 Å². The largest absolute Gasteiger partial charge is 0.363 e. The van der Waals surface area contributed by atoms with Gasteiger partial charge in [-0.1, -0.05) is 35.4 Å². The smallest absolute Gasteiger partial charge is 0.169 e. The summed E-state index contributed by atoms with van der Waals surface area (Å²) in [6.07, 6.45) is 1.70. The molecule has 0 amide bonds. The molecule has 0 aliphatic heterocycles. The van der Waals surface area contributed by atoms with E-state index in [2.05, 4.69) is 39.6 Å². The molecular formula is C10H11Cl2N3S2. The summed E-state index contributed by atoms with van der Waals surface area (Å²) in [5, 5.41) is 2.33. The predicted molar refractivity (Wildman–Crippen MR) is 82.3 cm³/mol. The number of aromatic nitrogens is 1. The van der Waals surface area contributed by atoms with Crippen LogP contribution in [0.5, 0.6) is 0 Å². The molecule has 0 radical (unpaired) electrons. The second-order valence-corrected chi connectivity index (χ2v) is 5.14. The van der Waals surface area contributed by atoms with Crippen LogP contribution in [0.1, 0.15) is 5.56 Å². The number of pyridine rings is 1. The van der Waals surface area contributed by atoms with Crippen LogP contribution in [0, 0.1) is 6.92 Å². The molecule has 0 aliphatic rings. The maximum absolute atomic E-state index is 4.77. The lowest BCUT2D eigenvalue weighted by Crippen LogP contribution is -2.10. The Labute approximate surface area is 121 Å². The van der Waals surface area contributed by atoms with E-state index in [9.17, 15) is 0 Å². The molecule has 92 valence electrons. The zero-order valence-electron chi connectivity index (χ0n) is 9.57. The van der Waals surface area contributed by atoms with Gasteiger partial charge in [0.2, 0.25) is 0 Å². The van der Waals surface area contributed by atoms with E-state index < -0.39 is 0 Å². The summed E-state index contributed by atoms with van der Waals surface area (Å²) in [5.41, 5.74) is 1.83. The number of aliphatic imine (C=N–C) groups is 1. The molecule has 0 aliphatic carbocycles. The molecule has 0 bridgehead atoms. The number of anilines is 1. The molecule has 3 nitrogen and oxygen atoms in total. The fourth-order valence-electron chi connectivity index (χ4n) is 0.945. The molecule has 0 aromatic carbocycles. The van der Waals surface area contributed by atoms with E-state index in [1.807, 2.05) is 32.0 Å². The van der Waals surface area contributed by atoms with E-state index in [0.29, 0.717) is 0 Å². The number of hydrogen-bond acceptors (Lipinski definition) is 5. The van der Waals surface area contributed by atoms with Crippen molar-refractivity contribution in [3.05, 3.63) is 17.8 Å². The van der Waals surface area contributed by atoms with E-state index >= 15 is 0 Å². The molecule has 17 heavy (non-hydrogen) atoms. The van der Waals surface area contributed by atoms with Crippen molar-refractivity contribution in [2.45, 2.75) is 6.92 Å². The Morgan fingerprint density at radius 1 is 1.47 bits per heavy atom. The molecule has 0 atom stereocenters. The topological polar surface area (TPSA) is 28.5 Å². The van der Waals surface area contributed by atoms with Crippen LogP contribution < -0.4 is 4.90 Å². The first-order valence-electron chi connectivity index (χ1n) is 4.45. The zero-order chi connectivity index (χ0) is 13.4. The number of nitrogens with zero attached hydrogens (tertiary/aromatic N) is 3. The second kappa shape index (κ2) is 8.50. The highest BCUT2D eigenvalue weighted by molar-refractivity contribution is 7.86. The van der Waals surface area contributed by atoms with Crippen molar-refractivity contribution < 1.29 is 0 Å². The van der Waals surface area contributed by atoms with Gasteiger partial charge in [0.05, 0.1) is 17.0 Å². The van der Waals surface area contributed by atoms with Gasteiger partial charge in [-0.15, -0.1) is 0 Å².